The monoisotopic (exact) mass is 364 g/mol. The van der Waals surface area contributed by atoms with E-state index in [0.29, 0.717) is 12.4 Å². The second-order valence-electron chi connectivity index (χ2n) is 7.59. The number of nitrogens with one attached hydrogen (secondary N) is 2. The Kier molecular flexibility index (Phi) is 5.40. The lowest BCUT2D eigenvalue weighted by Crippen LogP contribution is -2.14. The fraction of sp³-hybridized carbons (Fsp3) is 0.273. The van der Waals surface area contributed by atoms with Gasteiger partial charge in [0.1, 0.15) is 23.3 Å². The SMILES string of the molecule is Cc1nc(NCc2ccc(F)cc2)cc(Nc2ccccc2C(C)(C)C)n1. The first-order valence-electron chi connectivity index (χ1n) is 9.02. The van der Waals surface area contributed by atoms with E-state index in [1.165, 1.54) is 17.7 Å². The van der Waals surface area contributed by atoms with E-state index in [1.54, 1.807) is 12.1 Å². The molecule has 0 saturated carbocycles. The molecule has 3 aromatic rings. The highest BCUT2D eigenvalue weighted by atomic mass is 19.1. The molecule has 2 aromatic carbocycles. The quantitative estimate of drug-likeness (QED) is 0.621. The van der Waals surface area contributed by atoms with E-state index in [4.69, 9.17) is 0 Å². The average Bonchev–Trinajstić information content (AvgIpc) is 2.60. The van der Waals surface area contributed by atoms with E-state index in [-0.39, 0.29) is 11.2 Å². The van der Waals surface area contributed by atoms with Crippen molar-refractivity contribution >= 4 is 17.3 Å². The number of anilines is 3. The van der Waals surface area contributed by atoms with Crippen LogP contribution in [-0.2, 0) is 12.0 Å². The second kappa shape index (κ2) is 7.74. The third kappa shape index (κ3) is 5.03. The number of hydrogen-bond donors (Lipinski definition) is 2. The van der Waals surface area contributed by atoms with Gasteiger partial charge in [-0.3, -0.25) is 0 Å². The summed E-state index contributed by atoms with van der Waals surface area (Å²) >= 11 is 0. The van der Waals surface area contributed by atoms with Crippen LogP contribution >= 0.6 is 0 Å². The molecule has 140 valence electrons. The van der Waals surface area contributed by atoms with Crippen LogP contribution < -0.4 is 10.6 Å². The zero-order valence-electron chi connectivity index (χ0n) is 16.2. The number of benzene rings is 2. The summed E-state index contributed by atoms with van der Waals surface area (Å²) in [6, 6.07) is 16.6. The molecule has 0 amide bonds. The maximum atomic E-state index is 13.0. The van der Waals surface area contributed by atoms with Crippen molar-refractivity contribution in [1.29, 1.82) is 0 Å². The molecule has 0 aliphatic rings. The molecule has 0 spiro atoms. The molecule has 0 fully saturated rings. The smallest absolute Gasteiger partial charge is 0.136 e. The molecule has 1 heterocycles. The number of nitrogens with zero attached hydrogens (tertiary/aromatic N) is 2. The molecule has 5 heteroatoms. The summed E-state index contributed by atoms with van der Waals surface area (Å²) in [6.07, 6.45) is 0. The Balaban J connectivity index is 1.79. The molecule has 0 saturated heterocycles. The number of aryl methyl sites for hydroxylation is 1. The lowest BCUT2D eigenvalue weighted by atomic mass is 9.86. The fourth-order valence-electron chi connectivity index (χ4n) is 2.90. The van der Waals surface area contributed by atoms with Crippen LogP contribution in [0.2, 0.25) is 0 Å². The van der Waals surface area contributed by atoms with Crippen molar-refractivity contribution in [3.8, 4) is 0 Å². The highest BCUT2D eigenvalue weighted by Crippen LogP contribution is 2.31. The lowest BCUT2D eigenvalue weighted by molar-refractivity contribution is 0.592. The number of rotatable bonds is 5. The Labute approximate surface area is 159 Å². The zero-order chi connectivity index (χ0) is 19.4. The van der Waals surface area contributed by atoms with Crippen LogP contribution in [0.25, 0.3) is 0 Å². The first-order valence-corrected chi connectivity index (χ1v) is 9.02. The molecule has 0 aliphatic carbocycles. The molecular formula is C22H25FN4. The second-order valence-corrected chi connectivity index (χ2v) is 7.59. The van der Waals surface area contributed by atoms with E-state index in [0.717, 1.165) is 22.9 Å². The zero-order valence-corrected chi connectivity index (χ0v) is 16.2. The number of halogens is 1. The largest absolute Gasteiger partial charge is 0.366 e. The van der Waals surface area contributed by atoms with Crippen molar-refractivity contribution in [2.24, 2.45) is 0 Å². The standard InChI is InChI=1S/C22H25FN4/c1-15-25-20(24-14-16-9-11-17(23)12-10-16)13-21(26-15)27-19-8-6-5-7-18(19)22(2,3)4/h5-13H,14H2,1-4H3,(H2,24,25,26,27). The topological polar surface area (TPSA) is 49.8 Å². The molecule has 0 atom stereocenters. The van der Waals surface area contributed by atoms with Crippen LogP contribution in [0.1, 0.15) is 37.7 Å². The van der Waals surface area contributed by atoms with Gasteiger partial charge >= 0.3 is 0 Å². The Morgan fingerprint density at radius 2 is 1.59 bits per heavy atom. The van der Waals surface area contributed by atoms with Crippen LogP contribution in [-0.4, -0.2) is 9.97 Å². The van der Waals surface area contributed by atoms with Gasteiger partial charge in [0, 0.05) is 18.3 Å². The van der Waals surface area contributed by atoms with Gasteiger partial charge in [-0.15, -0.1) is 0 Å². The van der Waals surface area contributed by atoms with Gasteiger partial charge in [0.2, 0.25) is 0 Å². The summed E-state index contributed by atoms with van der Waals surface area (Å²) in [7, 11) is 0. The molecule has 0 unspecified atom stereocenters. The average molecular weight is 364 g/mol. The van der Waals surface area contributed by atoms with E-state index < -0.39 is 0 Å². The minimum absolute atomic E-state index is 0.0231. The molecule has 4 nitrogen and oxygen atoms in total. The van der Waals surface area contributed by atoms with Gasteiger partial charge in [-0.25, -0.2) is 14.4 Å². The number of hydrogen-bond acceptors (Lipinski definition) is 4. The summed E-state index contributed by atoms with van der Waals surface area (Å²) in [5.74, 6) is 1.90. The maximum Gasteiger partial charge on any atom is 0.136 e. The summed E-state index contributed by atoms with van der Waals surface area (Å²) in [5, 5.41) is 6.70. The Morgan fingerprint density at radius 3 is 2.30 bits per heavy atom. The number of para-hydroxylation sites is 1. The van der Waals surface area contributed by atoms with Crippen LogP contribution in [0.5, 0.6) is 0 Å². The molecule has 2 N–H and O–H groups in total. The van der Waals surface area contributed by atoms with Gasteiger partial charge in [0.15, 0.2) is 0 Å². The first-order chi connectivity index (χ1) is 12.8. The predicted molar refractivity (Wildman–Crippen MR) is 109 cm³/mol. The lowest BCUT2D eigenvalue weighted by Gasteiger charge is -2.23. The molecule has 0 radical (unpaired) electrons. The molecule has 0 bridgehead atoms. The Morgan fingerprint density at radius 1 is 0.926 bits per heavy atom. The normalized spacial score (nSPS) is 11.3. The van der Waals surface area contributed by atoms with Crippen LogP contribution in [0.15, 0.2) is 54.6 Å². The van der Waals surface area contributed by atoms with Crippen molar-refractivity contribution in [3.05, 3.63) is 77.4 Å². The van der Waals surface area contributed by atoms with Gasteiger partial charge in [0.25, 0.3) is 0 Å². The van der Waals surface area contributed by atoms with Gasteiger partial charge in [0.05, 0.1) is 0 Å². The molecular weight excluding hydrogens is 339 g/mol. The summed E-state index contributed by atoms with van der Waals surface area (Å²) < 4.78 is 13.0. The van der Waals surface area contributed by atoms with Crippen molar-refractivity contribution in [2.75, 3.05) is 10.6 Å². The van der Waals surface area contributed by atoms with Crippen molar-refractivity contribution in [3.63, 3.8) is 0 Å². The third-order valence-electron chi connectivity index (χ3n) is 4.22. The van der Waals surface area contributed by atoms with E-state index >= 15 is 0 Å². The maximum absolute atomic E-state index is 13.0. The number of aromatic nitrogens is 2. The molecule has 3 rings (SSSR count). The van der Waals surface area contributed by atoms with Crippen LogP contribution in [0.4, 0.5) is 21.7 Å². The molecule has 0 aliphatic heterocycles. The van der Waals surface area contributed by atoms with Gasteiger partial charge in [-0.1, -0.05) is 51.1 Å². The minimum atomic E-state index is -0.236. The van der Waals surface area contributed by atoms with Crippen molar-refractivity contribution < 1.29 is 4.39 Å². The highest BCUT2D eigenvalue weighted by Gasteiger charge is 2.17. The summed E-state index contributed by atoms with van der Waals surface area (Å²) in [6.45, 7) is 9.00. The minimum Gasteiger partial charge on any atom is -0.366 e. The van der Waals surface area contributed by atoms with E-state index in [1.807, 2.05) is 25.1 Å². The molecule has 27 heavy (non-hydrogen) atoms. The van der Waals surface area contributed by atoms with Gasteiger partial charge in [-0.2, -0.15) is 0 Å². The summed E-state index contributed by atoms with van der Waals surface area (Å²) in [4.78, 5) is 8.95. The molecule has 1 aromatic heterocycles. The van der Waals surface area contributed by atoms with Crippen LogP contribution in [0.3, 0.4) is 0 Å². The highest BCUT2D eigenvalue weighted by molar-refractivity contribution is 5.64. The van der Waals surface area contributed by atoms with Gasteiger partial charge in [-0.05, 0) is 41.7 Å². The van der Waals surface area contributed by atoms with Crippen LogP contribution in [0, 0.1) is 12.7 Å². The third-order valence-corrected chi connectivity index (χ3v) is 4.22. The van der Waals surface area contributed by atoms with E-state index in [2.05, 4.69) is 53.5 Å². The van der Waals surface area contributed by atoms with E-state index in [9.17, 15) is 4.39 Å². The predicted octanol–water partition coefficient (Wildman–Crippen LogP) is 5.58. The van der Waals surface area contributed by atoms with Crippen molar-refractivity contribution in [2.45, 2.75) is 39.7 Å². The Bertz CT molecular complexity index is 914. The Hall–Kier alpha value is -2.95. The van der Waals surface area contributed by atoms with Gasteiger partial charge < -0.3 is 10.6 Å². The summed E-state index contributed by atoms with van der Waals surface area (Å²) in [5.41, 5.74) is 3.27. The van der Waals surface area contributed by atoms with Crippen molar-refractivity contribution in [1.82, 2.24) is 9.97 Å². The first kappa shape index (κ1) is 18.8. The fourth-order valence-corrected chi connectivity index (χ4v) is 2.90.